The summed E-state index contributed by atoms with van der Waals surface area (Å²) in [5, 5.41) is 6.26. The Morgan fingerprint density at radius 2 is 2.10 bits per heavy atom. The van der Waals surface area contributed by atoms with Crippen LogP contribution in [0.4, 0.5) is 9.80 Å². The first kappa shape index (κ1) is 15.7. The minimum Gasteiger partial charge on any atom is -0.334 e. The summed E-state index contributed by atoms with van der Waals surface area (Å²) < 4.78 is 11.1. The number of rotatable bonds is 5. The molecule has 2 aromatic rings. The van der Waals surface area contributed by atoms with Crippen molar-refractivity contribution in [1.29, 1.82) is 0 Å². The van der Waals surface area contributed by atoms with E-state index in [9.17, 15) is 9.00 Å². The van der Waals surface area contributed by atoms with Gasteiger partial charge in [-0.1, -0.05) is 30.3 Å². The van der Waals surface area contributed by atoms with Crippen LogP contribution in [0.3, 0.4) is 0 Å². The monoisotopic (exact) mass is 323 g/mol. The summed E-state index contributed by atoms with van der Waals surface area (Å²) in [4.78, 5) is 16.2. The fourth-order valence-corrected chi connectivity index (χ4v) is 3.38. The van der Waals surface area contributed by atoms with Gasteiger partial charge >= 0.3 is 6.03 Å². The van der Waals surface area contributed by atoms with E-state index in [1.807, 2.05) is 37.3 Å². The van der Waals surface area contributed by atoms with Crippen LogP contribution >= 0.6 is 11.3 Å². The van der Waals surface area contributed by atoms with Crippen LogP contribution in [-0.4, -0.2) is 33.3 Å². The maximum atomic E-state index is 11.9. The molecule has 0 aliphatic heterocycles. The van der Waals surface area contributed by atoms with Gasteiger partial charge in [-0.3, -0.25) is 9.53 Å². The van der Waals surface area contributed by atoms with Crippen molar-refractivity contribution in [2.45, 2.75) is 13.0 Å². The largest absolute Gasteiger partial charge is 0.334 e. The molecule has 5 nitrogen and oxygen atoms in total. The van der Waals surface area contributed by atoms with Gasteiger partial charge in [-0.25, -0.2) is 9.78 Å². The molecule has 0 radical (unpaired) electrons. The maximum absolute atomic E-state index is 11.9. The molecule has 1 aromatic heterocycles. The zero-order valence-corrected chi connectivity index (χ0v) is 13.5. The number of nitrogens with one attached hydrogen (secondary N) is 2. The van der Waals surface area contributed by atoms with Gasteiger partial charge in [0.15, 0.2) is 0 Å². The van der Waals surface area contributed by atoms with Crippen molar-refractivity contribution >= 4 is 33.2 Å². The molecule has 0 aliphatic rings. The first-order valence-electron chi connectivity index (χ1n) is 6.42. The number of anilines is 1. The van der Waals surface area contributed by atoms with E-state index in [1.165, 1.54) is 11.3 Å². The molecule has 1 aromatic carbocycles. The number of carbonyl (C=O) groups is 1. The summed E-state index contributed by atoms with van der Waals surface area (Å²) in [5.74, 6) is 0.432. The molecular formula is C14H17N3O2S2. The Bertz CT molecular complexity index is 628. The third-order valence-corrected chi connectivity index (χ3v) is 4.42. The number of aromatic nitrogens is 1. The Morgan fingerprint density at radius 1 is 1.38 bits per heavy atom. The van der Waals surface area contributed by atoms with Crippen LogP contribution < -0.4 is 10.6 Å². The molecule has 0 unspecified atom stereocenters. The second-order valence-electron chi connectivity index (χ2n) is 4.64. The Balaban J connectivity index is 2.03. The summed E-state index contributed by atoms with van der Waals surface area (Å²) in [6.45, 7) is 1.83. The molecule has 2 N–H and O–H groups in total. The highest BCUT2D eigenvalue weighted by molar-refractivity contribution is 7.84. The highest BCUT2D eigenvalue weighted by atomic mass is 32.2. The summed E-state index contributed by atoms with van der Waals surface area (Å²) in [6, 6.07) is 9.22. The van der Waals surface area contributed by atoms with Crippen LogP contribution in [0.5, 0.6) is 0 Å². The highest BCUT2D eigenvalue weighted by Gasteiger charge is 2.13. The van der Waals surface area contributed by atoms with Gasteiger partial charge in [-0.2, -0.15) is 0 Å². The fourth-order valence-electron chi connectivity index (χ4n) is 1.89. The standard InChI is InChI=1S/C14H17N3O2S2/c1-10(8-21(2)19)16-14(18)17-13-12(15-9-20-13)11-6-4-3-5-7-11/h3-7,9-10H,8H2,1-2H3,(H2,16,17,18)/t10-,21-/m0/s1. The van der Waals surface area contributed by atoms with E-state index >= 15 is 0 Å². The first-order chi connectivity index (χ1) is 10.1. The molecular weight excluding hydrogens is 306 g/mol. The Labute approximate surface area is 130 Å². The van der Waals surface area contributed by atoms with Gasteiger partial charge in [0.05, 0.1) is 5.51 Å². The highest BCUT2D eigenvalue weighted by Crippen LogP contribution is 2.29. The summed E-state index contributed by atoms with van der Waals surface area (Å²) in [5.41, 5.74) is 3.40. The third-order valence-electron chi connectivity index (χ3n) is 2.70. The Kier molecular flexibility index (Phi) is 5.46. The molecule has 112 valence electrons. The third kappa shape index (κ3) is 4.64. The van der Waals surface area contributed by atoms with Gasteiger partial charge < -0.3 is 5.32 Å². The van der Waals surface area contributed by atoms with Crippen molar-refractivity contribution in [1.82, 2.24) is 10.3 Å². The lowest BCUT2D eigenvalue weighted by molar-refractivity contribution is 0.250. The van der Waals surface area contributed by atoms with Crippen LogP contribution in [0.1, 0.15) is 6.92 Å². The van der Waals surface area contributed by atoms with Crippen molar-refractivity contribution in [2.24, 2.45) is 0 Å². The van der Waals surface area contributed by atoms with E-state index in [4.69, 9.17) is 0 Å². The smallest absolute Gasteiger partial charge is 0.320 e. The van der Waals surface area contributed by atoms with Gasteiger partial charge in [-0.15, -0.1) is 11.3 Å². The minimum atomic E-state index is -0.937. The van der Waals surface area contributed by atoms with Gasteiger partial charge in [-0.05, 0) is 6.92 Å². The number of thiazole rings is 1. The van der Waals surface area contributed by atoms with Gasteiger partial charge in [0.1, 0.15) is 10.7 Å². The van der Waals surface area contributed by atoms with Crippen molar-refractivity contribution < 1.29 is 9.00 Å². The van der Waals surface area contributed by atoms with Crippen LogP contribution in [0.15, 0.2) is 35.8 Å². The molecule has 1 heterocycles. The lowest BCUT2D eigenvalue weighted by atomic mass is 10.2. The number of carbonyl (C=O) groups excluding carboxylic acids is 1. The first-order valence-corrected chi connectivity index (χ1v) is 9.03. The van der Waals surface area contributed by atoms with E-state index in [0.717, 1.165) is 11.3 Å². The number of hydrogen-bond acceptors (Lipinski definition) is 4. The van der Waals surface area contributed by atoms with Crippen molar-refractivity contribution in [3.8, 4) is 11.3 Å². The lowest BCUT2D eigenvalue weighted by Crippen LogP contribution is -2.38. The van der Waals surface area contributed by atoms with Crippen LogP contribution in [0.25, 0.3) is 11.3 Å². The summed E-state index contributed by atoms with van der Waals surface area (Å²) in [6.07, 6.45) is 1.62. The van der Waals surface area contributed by atoms with Gasteiger partial charge in [0.2, 0.25) is 0 Å². The van der Waals surface area contributed by atoms with E-state index < -0.39 is 10.8 Å². The second kappa shape index (κ2) is 7.33. The van der Waals surface area contributed by atoms with E-state index in [1.54, 1.807) is 11.8 Å². The van der Waals surface area contributed by atoms with Crippen molar-refractivity contribution in [3.05, 3.63) is 35.8 Å². The molecule has 0 spiro atoms. The number of amides is 2. The Hall–Kier alpha value is -1.73. The predicted molar refractivity (Wildman–Crippen MR) is 88.1 cm³/mol. The predicted octanol–water partition coefficient (Wildman–Crippen LogP) is 2.70. The molecule has 0 fully saturated rings. The summed E-state index contributed by atoms with van der Waals surface area (Å²) in [7, 11) is -0.937. The molecule has 2 amide bonds. The van der Waals surface area contributed by atoms with Crippen molar-refractivity contribution in [3.63, 3.8) is 0 Å². The molecule has 2 rings (SSSR count). The molecule has 7 heteroatoms. The zero-order valence-electron chi connectivity index (χ0n) is 11.8. The molecule has 0 bridgehead atoms. The van der Waals surface area contributed by atoms with Crippen LogP contribution in [0.2, 0.25) is 0 Å². The van der Waals surface area contributed by atoms with E-state index in [-0.39, 0.29) is 12.1 Å². The number of urea groups is 1. The maximum Gasteiger partial charge on any atom is 0.320 e. The van der Waals surface area contributed by atoms with Gasteiger partial charge in [0.25, 0.3) is 0 Å². The zero-order chi connectivity index (χ0) is 15.2. The summed E-state index contributed by atoms with van der Waals surface area (Å²) >= 11 is 1.37. The topological polar surface area (TPSA) is 71.1 Å². The number of benzene rings is 1. The normalized spacial score (nSPS) is 13.4. The molecule has 21 heavy (non-hydrogen) atoms. The van der Waals surface area contributed by atoms with Crippen LogP contribution in [0, 0.1) is 0 Å². The molecule has 0 saturated heterocycles. The second-order valence-corrected chi connectivity index (χ2v) is 6.97. The SMILES string of the molecule is C[C@@H](C[S@](C)=O)NC(=O)Nc1scnc1-c1ccccc1. The molecule has 0 saturated carbocycles. The van der Waals surface area contributed by atoms with Crippen molar-refractivity contribution in [2.75, 3.05) is 17.3 Å². The quantitative estimate of drug-likeness (QED) is 0.889. The lowest BCUT2D eigenvalue weighted by Gasteiger charge is -2.13. The molecule has 2 atom stereocenters. The Morgan fingerprint density at radius 3 is 2.76 bits per heavy atom. The van der Waals surface area contributed by atoms with E-state index in [2.05, 4.69) is 15.6 Å². The average Bonchev–Trinajstić information content (AvgIpc) is 2.86. The average molecular weight is 323 g/mol. The van der Waals surface area contributed by atoms with Crippen LogP contribution in [-0.2, 0) is 10.8 Å². The van der Waals surface area contributed by atoms with E-state index in [0.29, 0.717) is 10.8 Å². The van der Waals surface area contributed by atoms with Gasteiger partial charge in [0, 0.05) is 34.4 Å². The fraction of sp³-hybridized carbons (Fsp3) is 0.286. The minimum absolute atomic E-state index is 0.149. The number of hydrogen-bond donors (Lipinski definition) is 2. The molecule has 0 aliphatic carbocycles. The number of nitrogens with zero attached hydrogens (tertiary/aromatic N) is 1.